The van der Waals surface area contributed by atoms with Gasteiger partial charge in [0, 0.05) is 13.2 Å². The lowest BCUT2D eigenvalue weighted by atomic mass is 9.98. The average Bonchev–Trinajstić information content (AvgIpc) is 2.48. The van der Waals surface area contributed by atoms with Crippen LogP contribution in [0.5, 0.6) is 0 Å². The Morgan fingerprint density at radius 2 is 1.55 bits per heavy atom. The van der Waals surface area contributed by atoms with Gasteiger partial charge in [-0.3, -0.25) is 0 Å². The van der Waals surface area contributed by atoms with Crippen LogP contribution in [0.25, 0.3) is 0 Å². The summed E-state index contributed by atoms with van der Waals surface area (Å²) in [6.07, 6.45) is 1.82. The summed E-state index contributed by atoms with van der Waals surface area (Å²) in [5.74, 6) is 0. The van der Waals surface area contributed by atoms with Crippen LogP contribution >= 0.6 is 0 Å². The number of benzene rings is 2. The maximum absolute atomic E-state index is 6.29. The molecule has 0 aliphatic carbocycles. The fourth-order valence-corrected chi connectivity index (χ4v) is 2.25. The van der Waals surface area contributed by atoms with E-state index >= 15 is 0 Å². The summed E-state index contributed by atoms with van der Waals surface area (Å²) in [6, 6.07) is 17.2. The van der Waals surface area contributed by atoms with Crippen molar-refractivity contribution in [3.63, 3.8) is 0 Å². The van der Waals surface area contributed by atoms with Crippen LogP contribution in [-0.4, -0.2) is 13.7 Å². The van der Waals surface area contributed by atoms with E-state index < -0.39 is 0 Å². The van der Waals surface area contributed by atoms with Crippen molar-refractivity contribution >= 4 is 0 Å². The molecular weight excluding hydrogens is 246 g/mol. The van der Waals surface area contributed by atoms with Crippen LogP contribution in [0.15, 0.2) is 48.5 Å². The van der Waals surface area contributed by atoms with Crippen molar-refractivity contribution in [2.45, 2.75) is 25.8 Å². The highest BCUT2D eigenvalue weighted by molar-refractivity contribution is 5.28. The first-order valence-corrected chi connectivity index (χ1v) is 7.08. The van der Waals surface area contributed by atoms with Crippen LogP contribution in [0.1, 0.15) is 28.3 Å². The molecule has 1 atom stereocenters. The van der Waals surface area contributed by atoms with Gasteiger partial charge in [0.15, 0.2) is 0 Å². The van der Waals surface area contributed by atoms with Crippen LogP contribution in [0.2, 0.25) is 0 Å². The van der Waals surface area contributed by atoms with Crippen molar-refractivity contribution in [1.82, 2.24) is 0 Å². The van der Waals surface area contributed by atoms with Gasteiger partial charge in [0.1, 0.15) is 0 Å². The molecule has 2 nitrogen and oxygen atoms in total. The van der Waals surface area contributed by atoms with Crippen molar-refractivity contribution in [2.24, 2.45) is 5.73 Å². The molecule has 2 heteroatoms. The zero-order chi connectivity index (χ0) is 14.4. The molecule has 0 aliphatic heterocycles. The largest absolute Gasteiger partial charge is 0.384 e. The Balaban J connectivity index is 1.98. The third-order valence-corrected chi connectivity index (χ3v) is 3.58. The van der Waals surface area contributed by atoms with Gasteiger partial charge in [-0.2, -0.15) is 0 Å². The van der Waals surface area contributed by atoms with E-state index in [1.807, 2.05) is 0 Å². The molecule has 2 rings (SSSR count). The third kappa shape index (κ3) is 4.19. The van der Waals surface area contributed by atoms with Crippen molar-refractivity contribution in [2.75, 3.05) is 13.7 Å². The van der Waals surface area contributed by atoms with E-state index in [1.54, 1.807) is 7.11 Å². The number of methoxy groups -OCH3 is 1. The fraction of sp³-hybridized carbons (Fsp3) is 0.333. The molecule has 0 aliphatic rings. The molecule has 0 saturated heterocycles. The van der Waals surface area contributed by atoms with Gasteiger partial charge in [0.05, 0.1) is 6.61 Å². The number of aryl methyl sites for hydroxylation is 1. The SMILES string of the molecule is COCCc1ccc(C(N)Cc2ccc(C)cc2)cc1. The maximum Gasteiger partial charge on any atom is 0.0502 e. The second-order valence-electron chi connectivity index (χ2n) is 5.28. The molecule has 0 bridgehead atoms. The Labute approximate surface area is 121 Å². The van der Waals surface area contributed by atoms with Crippen LogP contribution < -0.4 is 5.73 Å². The second kappa shape index (κ2) is 7.22. The molecule has 2 N–H and O–H groups in total. The zero-order valence-corrected chi connectivity index (χ0v) is 12.3. The van der Waals surface area contributed by atoms with Crippen LogP contribution in [0, 0.1) is 6.92 Å². The van der Waals surface area contributed by atoms with Crippen LogP contribution in [-0.2, 0) is 17.6 Å². The highest BCUT2D eigenvalue weighted by Crippen LogP contribution is 2.17. The topological polar surface area (TPSA) is 35.2 Å². The number of nitrogens with two attached hydrogens (primary N) is 1. The number of hydrogen-bond acceptors (Lipinski definition) is 2. The number of ether oxygens (including phenoxy) is 1. The van der Waals surface area contributed by atoms with Crippen molar-refractivity contribution in [1.29, 1.82) is 0 Å². The standard InChI is InChI=1S/C18H23NO/c1-14-3-5-16(6-4-14)13-18(19)17-9-7-15(8-10-17)11-12-20-2/h3-10,18H,11-13,19H2,1-2H3. The van der Waals surface area contributed by atoms with Gasteiger partial charge in [0.25, 0.3) is 0 Å². The van der Waals surface area contributed by atoms with Gasteiger partial charge in [-0.25, -0.2) is 0 Å². The monoisotopic (exact) mass is 269 g/mol. The van der Waals surface area contributed by atoms with Crippen LogP contribution in [0.3, 0.4) is 0 Å². The van der Waals surface area contributed by atoms with E-state index in [4.69, 9.17) is 10.5 Å². The smallest absolute Gasteiger partial charge is 0.0502 e. The van der Waals surface area contributed by atoms with E-state index in [9.17, 15) is 0 Å². The predicted molar refractivity (Wildman–Crippen MR) is 83.8 cm³/mol. The average molecular weight is 269 g/mol. The summed E-state index contributed by atoms with van der Waals surface area (Å²) in [5.41, 5.74) is 11.3. The van der Waals surface area contributed by atoms with Gasteiger partial charge in [-0.1, -0.05) is 54.1 Å². The van der Waals surface area contributed by atoms with Crippen molar-refractivity contribution < 1.29 is 4.74 Å². The highest BCUT2D eigenvalue weighted by atomic mass is 16.5. The van der Waals surface area contributed by atoms with Gasteiger partial charge >= 0.3 is 0 Å². The zero-order valence-electron chi connectivity index (χ0n) is 12.3. The predicted octanol–water partition coefficient (Wildman–Crippen LogP) is 3.43. The Bertz CT molecular complexity index is 516. The summed E-state index contributed by atoms with van der Waals surface area (Å²) in [4.78, 5) is 0. The first-order valence-electron chi connectivity index (χ1n) is 7.08. The summed E-state index contributed by atoms with van der Waals surface area (Å²) >= 11 is 0. The van der Waals surface area contributed by atoms with Gasteiger partial charge in [-0.05, 0) is 36.5 Å². The van der Waals surface area contributed by atoms with E-state index in [0.717, 1.165) is 19.4 Å². The Morgan fingerprint density at radius 1 is 0.950 bits per heavy atom. The summed E-state index contributed by atoms with van der Waals surface area (Å²) < 4.78 is 5.09. The summed E-state index contributed by atoms with van der Waals surface area (Å²) in [7, 11) is 1.73. The minimum Gasteiger partial charge on any atom is -0.384 e. The summed E-state index contributed by atoms with van der Waals surface area (Å²) in [6.45, 7) is 2.86. The van der Waals surface area contributed by atoms with Crippen LogP contribution in [0.4, 0.5) is 0 Å². The van der Waals surface area contributed by atoms with E-state index in [2.05, 4.69) is 55.5 Å². The molecule has 0 fully saturated rings. The lowest BCUT2D eigenvalue weighted by Crippen LogP contribution is -2.13. The van der Waals surface area contributed by atoms with E-state index in [1.165, 1.54) is 22.3 Å². The molecular formula is C18H23NO. The quantitative estimate of drug-likeness (QED) is 0.872. The molecule has 0 amide bonds. The Morgan fingerprint density at radius 3 is 2.15 bits per heavy atom. The first-order chi connectivity index (χ1) is 9.69. The highest BCUT2D eigenvalue weighted by Gasteiger charge is 2.07. The molecule has 2 aromatic rings. The molecule has 0 heterocycles. The van der Waals surface area contributed by atoms with Gasteiger partial charge < -0.3 is 10.5 Å². The van der Waals surface area contributed by atoms with Crippen molar-refractivity contribution in [3.05, 3.63) is 70.8 Å². The Kier molecular flexibility index (Phi) is 5.33. The van der Waals surface area contributed by atoms with Gasteiger partial charge in [-0.15, -0.1) is 0 Å². The van der Waals surface area contributed by atoms with Gasteiger partial charge in [0.2, 0.25) is 0 Å². The van der Waals surface area contributed by atoms with E-state index in [-0.39, 0.29) is 6.04 Å². The lowest BCUT2D eigenvalue weighted by molar-refractivity contribution is 0.202. The molecule has 0 aromatic heterocycles. The molecule has 0 saturated carbocycles. The number of hydrogen-bond donors (Lipinski definition) is 1. The Hall–Kier alpha value is -1.64. The lowest BCUT2D eigenvalue weighted by Gasteiger charge is -2.13. The molecule has 1 unspecified atom stereocenters. The number of rotatable bonds is 6. The minimum absolute atomic E-state index is 0.0502. The normalized spacial score (nSPS) is 12.3. The molecule has 20 heavy (non-hydrogen) atoms. The minimum atomic E-state index is 0.0502. The second-order valence-corrected chi connectivity index (χ2v) is 5.28. The van der Waals surface area contributed by atoms with E-state index in [0.29, 0.717) is 0 Å². The first kappa shape index (κ1) is 14.8. The summed E-state index contributed by atoms with van der Waals surface area (Å²) in [5, 5.41) is 0. The maximum atomic E-state index is 6.29. The molecule has 0 radical (unpaired) electrons. The third-order valence-electron chi connectivity index (χ3n) is 3.58. The molecule has 106 valence electrons. The molecule has 0 spiro atoms. The molecule has 2 aromatic carbocycles. The fourth-order valence-electron chi connectivity index (χ4n) is 2.25. The van der Waals surface area contributed by atoms with Crippen molar-refractivity contribution in [3.8, 4) is 0 Å².